The van der Waals surface area contributed by atoms with Crippen LogP contribution in [0.4, 0.5) is 5.69 Å². The third-order valence-corrected chi connectivity index (χ3v) is 5.58. The number of anilines is 1. The number of hydrogen-bond donors (Lipinski definition) is 0. The first kappa shape index (κ1) is 21.5. The van der Waals surface area contributed by atoms with Gasteiger partial charge in [0.15, 0.2) is 0 Å². The summed E-state index contributed by atoms with van der Waals surface area (Å²) < 4.78 is 5.49. The fourth-order valence-electron chi connectivity index (χ4n) is 3.36. The molecular formula is C25H18Cl3NO2. The normalized spacial score (nSPS) is 14.8. The van der Waals surface area contributed by atoms with Gasteiger partial charge in [0.1, 0.15) is 5.75 Å². The molecular weight excluding hydrogens is 453 g/mol. The lowest BCUT2D eigenvalue weighted by molar-refractivity contribution is -0.113. The molecule has 0 N–H and O–H groups in total. The van der Waals surface area contributed by atoms with E-state index in [0.717, 1.165) is 16.9 Å². The van der Waals surface area contributed by atoms with Crippen LogP contribution < -0.4 is 9.64 Å². The topological polar surface area (TPSA) is 29.5 Å². The minimum absolute atomic E-state index is 0.178. The van der Waals surface area contributed by atoms with Crippen LogP contribution >= 0.6 is 34.8 Å². The van der Waals surface area contributed by atoms with Crippen molar-refractivity contribution in [3.05, 3.63) is 105 Å². The number of amides is 1. The molecule has 4 rings (SSSR count). The van der Waals surface area contributed by atoms with E-state index >= 15 is 0 Å². The smallest absolute Gasteiger partial charge is 0.262 e. The maximum absolute atomic E-state index is 13.4. The molecule has 0 atom stereocenters. The van der Waals surface area contributed by atoms with E-state index in [1.165, 1.54) is 0 Å². The number of benzene rings is 3. The highest BCUT2D eigenvalue weighted by molar-refractivity contribution is 6.38. The first-order chi connectivity index (χ1) is 15.0. The van der Waals surface area contributed by atoms with Crippen molar-refractivity contribution in [2.24, 2.45) is 0 Å². The Morgan fingerprint density at radius 2 is 1.58 bits per heavy atom. The Bertz CT molecular complexity index is 1180. The minimum atomic E-state index is -0.178. The Hall–Kier alpha value is -2.72. The molecule has 0 radical (unpaired) electrons. The van der Waals surface area contributed by atoms with E-state index in [9.17, 15) is 4.79 Å². The molecule has 1 aliphatic rings. The van der Waals surface area contributed by atoms with Crippen molar-refractivity contribution >= 4 is 58.2 Å². The maximum Gasteiger partial charge on any atom is 0.262 e. The summed E-state index contributed by atoms with van der Waals surface area (Å²) in [5.41, 5.74) is 3.55. The SMILES string of the molecule is CCOc1ccc(/C=C2\C=C(c3ccc(Cl)cc3)N(c3ccc(Cl)cc3Cl)C2=O)cc1. The summed E-state index contributed by atoms with van der Waals surface area (Å²) in [5.74, 6) is 0.609. The van der Waals surface area contributed by atoms with Gasteiger partial charge in [-0.2, -0.15) is 0 Å². The van der Waals surface area contributed by atoms with Crippen LogP contribution in [0.2, 0.25) is 15.1 Å². The van der Waals surface area contributed by atoms with Crippen LogP contribution in [-0.2, 0) is 4.79 Å². The molecule has 3 aromatic carbocycles. The van der Waals surface area contributed by atoms with Gasteiger partial charge in [-0.3, -0.25) is 9.69 Å². The Kier molecular flexibility index (Phi) is 6.38. The van der Waals surface area contributed by atoms with Gasteiger partial charge < -0.3 is 4.74 Å². The fourth-order valence-corrected chi connectivity index (χ4v) is 3.98. The second-order valence-electron chi connectivity index (χ2n) is 6.87. The van der Waals surface area contributed by atoms with Gasteiger partial charge in [-0.25, -0.2) is 0 Å². The molecule has 0 aliphatic carbocycles. The van der Waals surface area contributed by atoms with Gasteiger partial charge in [0.25, 0.3) is 5.91 Å². The Labute approximate surface area is 196 Å². The molecule has 0 saturated heterocycles. The molecule has 0 fully saturated rings. The Morgan fingerprint density at radius 1 is 0.903 bits per heavy atom. The van der Waals surface area contributed by atoms with E-state index in [1.807, 2.05) is 55.5 Å². The molecule has 0 bridgehead atoms. The summed E-state index contributed by atoms with van der Waals surface area (Å²) in [7, 11) is 0. The van der Waals surface area contributed by atoms with Gasteiger partial charge in [0.05, 0.1) is 23.0 Å². The summed E-state index contributed by atoms with van der Waals surface area (Å²) in [5, 5.41) is 1.51. The second-order valence-corrected chi connectivity index (χ2v) is 8.15. The highest BCUT2D eigenvalue weighted by Gasteiger charge is 2.31. The second kappa shape index (κ2) is 9.19. The van der Waals surface area contributed by atoms with Crippen LogP contribution in [0.25, 0.3) is 11.8 Å². The van der Waals surface area contributed by atoms with Crippen LogP contribution in [0, 0.1) is 0 Å². The summed E-state index contributed by atoms with van der Waals surface area (Å²) >= 11 is 18.6. The molecule has 0 aromatic heterocycles. The largest absolute Gasteiger partial charge is 0.494 e. The molecule has 1 amide bonds. The van der Waals surface area contributed by atoms with E-state index in [4.69, 9.17) is 39.5 Å². The van der Waals surface area contributed by atoms with Crippen molar-refractivity contribution < 1.29 is 9.53 Å². The quantitative estimate of drug-likeness (QED) is 0.361. The third kappa shape index (κ3) is 4.64. The van der Waals surface area contributed by atoms with E-state index in [0.29, 0.717) is 38.6 Å². The maximum atomic E-state index is 13.4. The monoisotopic (exact) mass is 469 g/mol. The molecule has 3 nitrogen and oxygen atoms in total. The average molecular weight is 471 g/mol. The highest BCUT2D eigenvalue weighted by atomic mass is 35.5. The lowest BCUT2D eigenvalue weighted by atomic mass is 10.1. The molecule has 31 heavy (non-hydrogen) atoms. The molecule has 0 saturated carbocycles. The van der Waals surface area contributed by atoms with Gasteiger partial charge in [0.2, 0.25) is 0 Å². The van der Waals surface area contributed by atoms with Crippen LogP contribution in [-0.4, -0.2) is 12.5 Å². The van der Waals surface area contributed by atoms with Gasteiger partial charge in [-0.05, 0) is 72.7 Å². The first-order valence-corrected chi connectivity index (χ1v) is 10.8. The summed E-state index contributed by atoms with van der Waals surface area (Å²) in [6, 6.07) is 20.0. The van der Waals surface area contributed by atoms with E-state index in [2.05, 4.69) is 0 Å². The zero-order valence-corrected chi connectivity index (χ0v) is 18.9. The van der Waals surface area contributed by atoms with E-state index < -0.39 is 0 Å². The standard InChI is InChI=1S/C25H18Cl3NO2/c1-2-31-21-10-3-16(4-11-21)13-18-14-24(17-5-7-19(26)8-6-17)29(25(18)30)23-12-9-20(27)15-22(23)28/h3-15H,2H2,1H3/b18-13+. The predicted molar refractivity (Wildman–Crippen MR) is 129 cm³/mol. The summed E-state index contributed by atoms with van der Waals surface area (Å²) in [6.45, 7) is 2.54. The number of carbonyl (C=O) groups excluding carboxylic acids is 1. The summed E-state index contributed by atoms with van der Waals surface area (Å²) in [6.07, 6.45) is 3.70. The number of nitrogens with zero attached hydrogens (tertiary/aromatic N) is 1. The molecule has 0 spiro atoms. The van der Waals surface area contributed by atoms with Crippen molar-refractivity contribution in [2.75, 3.05) is 11.5 Å². The fraction of sp³-hybridized carbons (Fsp3) is 0.0800. The number of rotatable bonds is 5. The van der Waals surface area contributed by atoms with Crippen LogP contribution in [0.5, 0.6) is 5.75 Å². The number of hydrogen-bond acceptors (Lipinski definition) is 2. The molecule has 0 unspecified atom stereocenters. The molecule has 1 aliphatic heterocycles. The highest BCUT2D eigenvalue weighted by Crippen LogP contribution is 2.39. The van der Waals surface area contributed by atoms with E-state index in [1.54, 1.807) is 35.2 Å². The molecule has 1 heterocycles. The third-order valence-electron chi connectivity index (χ3n) is 4.79. The van der Waals surface area contributed by atoms with Crippen LogP contribution in [0.1, 0.15) is 18.1 Å². The van der Waals surface area contributed by atoms with Gasteiger partial charge in [0, 0.05) is 15.6 Å². The van der Waals surface area contributed by atoms with Gasteiger partial charge >= 0.3 is 0 Å². The zero-order valence-electron chi connectivity index (χ0n) is 16.6. The van der Waals surface area contributed by atoms with Crippen molar-refractivity contribution in [3.8, 4) is 5.75 Å². The van der Waals surface area contributed by atoms with Crippen LogP contribution in [0.15, 0.2) is 78.4 Å². The number of carbonyl (C=O) groups is 1. The predicted octanol–water partition coefficient (Wildman–Crippen LogP) is 7.52. The zero-order chi connectivity index (χ0) is 22.0. The van der Waals surface area contributed by atoms with Crippen LogP contribution in [0.3, 0.4) is 0 Å². The molecule has 6 heteroatoms. The number of halogens is 3. The molecule has 156 valence electrons. The Morgan fingerprint density at radius 3 is 2.23 bits per heavy atom. The first-order valence-electron chi connectivity index (χ1n) is 9.68. The van der Waals surface area contributed by atoms with Crippen molar-refractivity contribution in [1.29, 1.82) is 0 Å². The number of ether oxygens (including phenoxy) is 1. The Balaban J connectivity index is 1.78. The average Bonchev–Trinajstić information content (AvgIpc) is 3.06. The summed E-state index contributed by atoms with van der Waals surface area (Å²) in [4.78, 5) is 15.0. The van der Waals surface area contributed by atoms with E-state index in [-0.39, 0.29) is 5.91 Å². The van der Waals surface area contributed by atoms with Gasteiger partial charge in [-0.15, -0.1) is 0 Å². The van der Waals surface area contributed by atoms with Crippen molar-refractivity contribution in [2.45, 2.75) is 6.92 Å². The van der Waals surface area contributed by atoms with Crippen molar-refractivity contribution in [1.82, 2.24) is 0 Å². The lowest BCUT2D eigenvalue weighted by Gasteiger charge is -2.22. The van der Waals surface area contributed by atoms with Gasteiger partial charge in [-0.1, -0.05) is 59.1 Å². The lowest BCUT2D eigenvalue weighted by Crippen LogP contribution is -2.25. The minimum Gasteiger partial charge on any atom is -0.494 e. The molecule has 3 aromatic rings. The van der Waals surface area contributed by atoms with Crippen molar-refractivity contribution in [3.63, 3.8) is 0 Å².